The molecule has 3 N–H and O–H groups in total. The Bertz CT molecular complexity index is 346. The molecule has 2 atom stereocenters. The highest BCUT2D eigenvalue weighted by atomic mass is 32.2. The van der Waals surface area contributed by atoms with Crippen LogP contribution in [0.3, 0.4) is 0 Å². The lowest BCUT2D eigenvalue weighted by atomic mass is 10.0. The monoisotopic (exact) mass is 269 g/mol. The van der Waals surface area contributed by atoms with Crippen molar-refractivity contribution in [1.29, 1.82) is 0 Å². The van der Waals surface area contributed by atoms with Crippen LogP contribution in [0.15, 0.2) is 24.3 Å². The van der Waals surface area contributed by atoms with Crippen molar-refractivity contribution in [3.8, 4) is 5.75 Å². The number of rotatable bonds is 8. The van der Waals surface area contributed by atoms with Gasteiger partial charge in [-0.3, -0.25) is 0 Å². The van der Waals surface area contributed by atoms with Crippen molar-refractivity contribution in [2.75, 3.05) is 19.5 Å². The van der Waals surface area contributed by atoms with E-state index in [1.807, 2.05) is 30.0 Å². The van der Waals surface area contributed by atoms with E-state index in [0.717, 1.165) is 24.3 Å². The summed E-state index contributed by atoms with van der Waals surface area (Å²) >= 11 is 1.81. The number of hydrogen-bond acceptors (Lipinski definition) is 4. The largest absolute Gasteiger partial charge is 0.497 e. The molecule has 0 aliphatic heterocycles. The van der Waals surface area contributed by atoms with Crippen LogP contribution in [0.1, 0.15) is 30.6 Å². The van der Waals surface area contributed by atoms with Crippen LogP contribution in [-0.2, 0) is 0 Å². The smallest absolute Gasteiger partial charge is 0.119 e. The summed E-state index contributed by atoms with van der Waals surface area (Å²) in [5, 5.41) is 9.12. The van der Waals surface area contributed by atoms with Gasteiger partial charge in [-0.05, 0) is 36.3 Å². The van der Waals surface area contributed by atoms with Gasteiger partial charge in [0, 0.05) is 17.9 Å². The normalized spacial score (nSPS) is 14.2. The fourth-order valence-electron chi connectivity index (χ4n) is 1.77. The third kappa shape index (κ3) is 4.52. The van der Waals surface area contributed by atoms with Gasteiger partial charge in [-0.2, -0.15) is 11.8 Å². The Hall–Kier alpha value is -0.710. The van der Waals surface area contributed by atoms with Crippen molar-refractivity contribution in [2.24, 2.45) is 5.73 Å². The third-order valence-corrected chi connectivity index (χ3v) is 4.39. The molecule has 0 heterocycles. The van der Waals surface area contributed by atoms with Crippen LogP contribution in [0.5, 0.6) is 5.75 Å². The Labute approximate surface area is 114 Å². The van der Waals surface area contributed by atoms with Crippen LogP contribution >= 0.6 is 11.8 Å². The molecule has 3 nitrogen and oxygen atoms in total. The Morgan fingerprint density at radius 1 is 1.44 bits per heavy atom. The van der Waals surface area contributed by atoms with Gasteiger partial charge in [0.1, 0.15) is 5.75 Å². The van der Waals surface area contributed by atoms with Crippen molar-refractivity contribution < 1.29 is 9.84 Å². The van der Waals surface area contributed by atoms with E-state index in [1.165, 1.54) is 5.56 Å². The first-order valence-corrected chi connectivity index (χ1v) is 7.39. The number of benzene rings is 1. The van der Waals surface area contributed by atoms with Gasteiger partial charge in [-0.1, -0.05) is 19.1 Å². The fraction of sp³-hybridized carbons (Fsp3) is 0.571. The molecule has 4 heteroatoms. The van der Waals surface area contributed by atoms with Gasteiger partial charge in [0.15, 0.2) is 0 Å². The minimum atomic E-state index is 0.126. The lowest BCUT2D eigenvalue weighted by Crippen LogP contribution is -2.26. The summed E-state index contributed by atoms with van der Waals surface area (Å²) in [6, 6.07) is 8.20. The zero-order valence-electron chi connectivity index (χ0n) is 11.1. The van der Waals surface area contributed by atoms with Crippen molar-refractivity contribution in [2.45, 2.75) is 31.1 Å². The molecule has 2 unspecified atom stereocenters. The Balaban J connectivity index is 2.79. The van der Waals surface area contributed by atoms with Gasteiger partial charge in [0.05, 0.1) is 7.11 Å². The first kappa shape index (κ1) is 15.3. The molecule has 18 heavy (non-hydrogen) atoms. The first-order chi connectivity index (χ1) is 8.72. The molecule has 0 aliphatic carbocycles. The molecule has 102 valence electrons. The van der Waals surface area contributed by atoms with Crippen LogP contribution in [0.25, 0.3) is 0 Å². The summed E-state index contributed by atoms with van der Waals surface area (Å²) in [5.74, 6) is 1.79. The van der Waals surface area contributed by atoms with E-state index in [9.17, 15) is 0 Å². The quantitative estimate of drug-likeness (QED) is 0.712. The van der Waals surface area contributed by atoms with Gasteiger partial charge in [0.2, 0.25) is 0 Å². The summed E-state index contributed by atoms with van der Waals surface area (Å²) in [7, 11) is 1.67. The van der Waals surface area contributed by atoms with Crippen molar-refractivity contribution in [1.82, 2.24) is 0 Å². The van der Waals surface area contributed by atoms with E-state index in [4.69, 9.17) is 15.6 Å². The van der Waals surface area contributed by atoms with Gasteiger partial charge in [0.25, 0.3) is 0 Å². The van der Waals surface area contributed by atoms with Crippen LogP contribution in [0.4, 0.5) is 0 Å². The topological polar surface area (TPSA) is 55.5 Å². The van der Waals surface area contributed by atoms with E-state index in [1.54, 1.807) is 7.11 Å². The Kier molecular flexibility index (Phi) is 7.16. The molecule has 0 amide bonds. The Morgan fingerprint density at radius 2 is 2.22 bits per heavy atom. The molecule has 0 bridgehead atoms. The number of thioether (sulfide) groups is 1. The van der Waals surface area contributed by atoms with Crippen LogP contribution in [0.2, 0.25) is 0 Å². The standard InChI is InChI=1S/C14H23NO2S/c1-3-13(15)14(18-9-5-8-16)11-6-4-7-12(10-11)17-2/h4,6-7,10,13-14,16H,3,5,8-9,15H2,1-2H3. The van der Waals surface area contributed by atoms with E-state index in [2.05, 4.69) is 13.0 Å². The molecular weight excluding hydrogens is 246 g/mol. The van der Waals surface area contributed by atoms with Crippen LogP contribution in [-0.4, -0.2) is 30.6 Å². The second kappa shape index (κ2) is 8.40. The maximum absolute atomic E-state index is 8.86. The summed E-state index contributed by atoms with van der Waals surface area (Å²) in [5.41, 5.74) is 7.40. The van der Waals surface area contributed by atoms with Gasteiger partial charge in [-0.15, -0.1) is 0 Å². The average Bonchev–Trinajstić information content (AvgIpc) is 2.43. The molecule has 1 aromatic rings. The minimum absolute atomic E-state index is 0.126. The highest BCUT2D eigenvalue weighted by Gasteiger charge is 2.19. The molecule has 0 spiro atoms. The second-order valence-electron chi connectivity index (χ2n) is 4.22. The number of aliphatic hydroxyl groups is 1. The molecular formula is C14H23NO2S. The highest BCUT2D eigenvalue weighted by molar-refractivity contribution is 7.99. The number of nitrogens with two attached hydrogens (primary N) is 1. The molecule has 0 radical (unpaired) electrons. The van der Waals surface area contributed by atoms with Crippen molar-refractivity contribution in [3.63, 3.8) is 0 Å². The zero-order chi connectivity index (χ0) is 13.4. The molecule has 0 aliphatic rings. The van der Waals surface area contributed by atoms with Crippen LogP contribution < -0.4 is 10.5 Å². The average molecular weight is 269 g/mol. The van der Waals surface area contributed by atoms with Gasteiger partial charge >= 0.3 is 0 Å². The predicted octanol–water partition coefficient (Wildman–Crippen LogP) is 2.59. The SMILES string of the molecule is CCC(N)C(SCCCO)c1cccc(OC)c1. The summed E-state index contributed by atoms with van der Waals surface area (Å²) in [4.78, 5) is 0. The number of aliphatic hydroxyl groups excluding tert-OH is 1. The van der Waals surface area contributed by atoms with E-state index < -0.39 is 0 Å². The van der Waals surface area contributed by atoms with E-state index in [-0.39, 0.29) is 17.9 Å². The van der Waals surface area contributed by atoms with E-state index >= 15 is 0 Å². The minimum Gasteiger partial charge on any atom is -0.497 e. The summed E-state index contributed by atoms with van der Waals surface area (Å²) in [6.07, 6.45) is 1.75. The van der Waals surface area contributed by atoms with Crippen molar-refractivity contribution >= 4 is 11.8 Å². The fourth-order valence-corrected chi connectivity index (χ4v) is 3.10. The lowest BCUT2D eigenvalue weighted by Gasteiger charge is -2.23. The molecule has 0 saturated carbocycles. The molecule has 1 rings (SSSR count). The van der Waals surface area contributed by atoms with Gasteiger partial charge in [-0.25, -0.2) is 0 Å². The first-order valence-electron chi connectivity index (χ1n) is 6.35. The predicted molar refractivity (Wildman–Crippen MR) is 78.2 cm³/mol. The summed E-state index contributed by atoms with van der Waals surface area (Å²) < 4.78 is 5.25. The third-order valence-electron chi connectivity index (χ3n) is 2.88. The van der Waals surface area contributed by atoms with Crippen molar-refractivity contribution in [3.05, 3.63) is 29.8 Å². The number of methoxy groups -OCH3 is 1. The highest BCUT2D eigenvalue weighted by Crippen LogP contribution is 2.34. The van der Waals surface area contributed by atoms with E-state index in [0.29, 0.717) is 0 Å². The Morgan fingerprint density at radius 3 is 2.83 bits per heavy atom. The van der Waals surface area contributed by atoms with Gasteiger partial charge < -0.3 is 15.6 Å². The number of ether oxygens (including phenoxy) is 1. The second-order valence-corrected chi connectivity index (χ2v) is 5.47. The maximum Gasteiger partial charge on any atom is 0.119 e. The summed E-state index contributed by atoms with van der Waals surface area (Å²) in [6.45, 7) is 2.34. The molecule has 0 aromatic heterocycles. The molecule has 1 aromatic carbocycles. The van der Waals surface area contributed by atoms with Crippen LogP contribution in [0, 0.1) is 0 Å². The lowest BCUT2D eigenvalue weighted by molar-refractivity contribution is 0.296. The zero-order valence-corrected chi connectivity index (χ0v) is 12.0. The molecule has 0 fully saturated rings. The molecule has 0 saturated heterocycles. The maximum atomic E-state index is 8.86. The number of hydrogen-bond donors (Lipinski definition) is 2.